The molecule has 0 spiro atoms. The van der Waals surface area contributed by atoms with Crippen LogP contribution < -0.4 is 4.90 Å². The normalized spacial score (nSPS) is 20.3. The molecule has 2 aliphatic heterocycles. The monoisotopic (exact) mass is 528 g/mol. The molecular formula is C24H22Cl2N6O2S. The zero-order valence-electron chi connectivity index (χ0n) is 19.1. The average Bonchev–Trinajstić information content (AvgIpc) is 3.52. The fourth-order valence-corrected chi connectivity index (χ4v) is 6.67. The van der Waals surface area contributed by atoms with Gasteiger partial charge in [0.2, 0.25) is 16.0 Å². The predicted molar refractivity (Wildman–Crippen MR) is 137 cm³/mol. The maximum absolute atomic E-state index is 12.1. The van der Waals surface area contributed by atoms with Gasteiger partial charge < -0.3 is 4.90 Å². The van der Waals surface area contributed by atoms with Gasteiger partial charge in [-0.2, -0.15) is 23.9 Å². The lowest BCUT2D eigenvalue weighted by Gasteiger charge is -2.32. The Morgan fingerprint density at radius 3 is 2.37 bits per heavy atom. The van der Waals surface area contributed by atoms with Crippen molar-refractivity contribution in [3.63, 3.8) is 0 Å². The standard InChI is InChI=1S/C24H22Cl2N6O2S/c1-14-27-24(30-12-18-11-17(30)13-31(18)35(2,33)34)28-23-21(15-7-9-16(25)10-8-15)22(29-32(14)23)19-5-3-4-6-20(19)26/h3-10,17-18H,11-13H2,1-2H3. The van der Waals surface area contributed by atoms with Gasteiger partial charge in [-0.3, -0.25) is 0 Å². The van der Waals surface area contributed by atoms with Crippen molar-refractivity contribution in [1.82, 2.24) is 23.9 Å². The highest BCUT2D eigenvalue weighted by molar-refractivity contribution is 7.88. The van der Waals surface area contributed by atoms with Gasteiger partial charge >= 0.3 is 0 Å². The van der Waals surface area contributed by atoms with Crippen molar-refractivity contribution in [2.45, 2.75) is 25.4 Å². The number of hydrogen-bond acceptors (Lipinski definition) is 6. The second-order valence-corrected chi connectivity index (χ2v) is 11.8. The second kappa shape index (κ2) is 8.16. The third kappa shape index (κ3) is 3.78. The maximum atomic E-state index is 12.1. The van der Waals surface area contributed by atoms with Crippen LogP contribution in [0, 0.1) is 6.92 Å². The van der Waals surface area contributed by atoms with Crippen LogP contribution in [0.4, 0.5) is 5.95 Å². The molecule has 2 fully saturated rings. The van der Waals surface area contributed by atoms with Gasteiger partial charge in [0.1, 0.15) is 11.5 Å². The zero-order valence-corrected chi connectivity index (χ0v) is 21.4. The summed E-state index contributed by atoms with van der Waals surface area (Å²) in [5.41, 5.74) is 3.92. The second-order valence-electron chi connectivity index (χ2n) is 9.04. The predicted octanol–water partition coefficient (Wildman–Crippen LogP) is 4.30. The number of nitrogens with zero attached hydrogens (tertiary/aromatic N) is 6. The van der Waals surface area contributed by atoms with E-state index in [-0.39, 0.29) is 12.1 Å². The molecule has 6 rings (SSSR count). The average molecular weight is 529 g/mol. The van der Waals surface area contributed by atoms with Crippen molar-refractivity contribution < 1.29 is 8.42 Å². The summed E-state index contributed by atoms with van der Waals surface area (Å²) >= 11 is 12.7. The van der Waals surface area contributed by atoms with Crippen LogP contribution in [0.3, 0.4) is 0 Å². The van der Waals surface area contributed by atoms with Gasteiger partial charge in [-0.05, 0) is 37.1 Å². The first kappa shape index (κ1) is 22.7. The highest BCUT2D eigenvalue weighted by atomic mass is 35.5. The molecule has 0 saturated carbocycles. The van der Waals surface area contributed by atoms with E-state index in [1.54, 1.807) is 8.82 Å². The highest BCUT2D eigenvalue weighted by Crippen LogP contribution is 2.40. The first-order valence-corrected chi connectivity index (χ1v) is 13.8. The smallest absolute Gasteiger partial charge is 0.229 e. The Hall–Kier alpha value is -2.72. The molecule has 11 heteroatoms. The van der Waals surface area contributed by atoms with E-state index in [0.29, 0.717) is 46.2 Å². The van der Waals surface area contributed by atoms with E-state index < -0.39 is 10.0 Å². The van der Waals surface area contributed by atoms with Crippen LogP contribution in [0.1, 0.15) is 12.2 Å². The Balaban J connectivity index is 1.52. The molecule has 2 atom stereocenters. The van der Waals surface area contributed by atoms with Crippen molar-refractivity contribution in [3.8, 4) is 22.4 Å². The molecule has 8 nitrogen and oxygen atoms in total. The fourth-order valence-electron chi connectivity index (χ4n) is 5.18. The lowest BCUT2D eigenvalue weighted by molar-refractivity contribution is 0.369. The van der Waals surface area contributed by atoms with E-state index in [4.69, 9.17) is 38.3 Å². The Labute approximate surface area is 213 Å². The number of fused-ring (bicyclic) bond motifs is 3. The number of benzene rings is 2. The summed E-state index contributed by atoms with van der Waals surface area (Å²) in [7, 11) is -3.23. The van der Waals surface area contributed by atoms with Crippen LogP contribution >= 0.6 is 23.2 Å². The summed E-state index contributed by atoms with van der Waals surface area (Å²) in [6.45, 7) is 2.91. The van der Waals surface area contributed by atoms with Gasteiger partial charge in [0.05, 0.1) is 16.8 Å². The number of aryl methyl sites for hydroxylation is 1. The number of sulfonamides is 1. The van der Waals surface area contributed by atoms with E-state index in [1.807, 2.05) is 55.5 Å². The zero-order chi connectivity index (χ0) is 24.5. The third-order valence-corrected chi connectivity index (χ3v) is 8.65. The molecule has 0 aliphatic carbocycles. The van der Waals surface area contributed by atoms with Gasteiger partial charge in [0, 0.05) is 35.8 Å². The lowest BCUT2D eigenvalue weighted by atomic mass is 10.0. The van der Waals surface area contributed by atoms with E-state index in [2.05, 4.69) is 4.90 Å². The van der Waals surface area contributed by atoms with Crippen molar-refractivity contribution in [1.29, 1.82) is 0 Å². The molecule has 35 heavy (non-hydrogen) atoms. The molecule has 2 aliphatic rings. The minimum atomic E-state index is -3.23. The fraction of sp³-hybridized carbons (Fsp3) is 0.292. The summed E-state index contributed by atoms with van der Waals surface area (Å²) in [6.07, 6.45) is 2.04. The summed E-state index contributed by atoms with van der Waals surface area (Å²) in [6, 6.07) is 15.1. The van der Waals surface area contributed by atoms with Gasteiger partial charge in [0.15, 0.2) is 5.65 Å². The SMILES string of the molecule is Cc1nc(N2CC3CC2CN3S(C)(=O)=O)nc2c(-c3ccc(Cl)cc3)c(-c3ccccc3Cl)nn12. The van der Waals surface area contributed by atoms with Crippen LogP contribution in [-0.4, -0.2) is 63.7 Å². The number of hydrogen-bond donors (Lipinski definition) is 0. The van der Waals surface area contributed by atoms with Crippen molar-refractivity contribution in [2.24, 2.45) is 0 Å². The molecule has 2 bridgehead atoms. The Morgan fingerprint density at radius 2 is 1.71 bits per heavy atom. The number of piperazine rings is 1. The first-order chi connectivity index (χ1) is 16.7. The molecule has 0 radical (unpaired) electrons. The third-order valence-electron chi connectivity index (χ3n) is 6.77. The molecule has 180 valence electrons. The molecule has 0 N–H and O–H groups in total. The minimum Gasteiger partial charge on any atom is -0.335 e. The Bertz CT molecular complexity index is 1570. The van der Waals surface area contributed by atoms with Crippen LogP contribution in [0.5, 0.6) is 0 Å². The summed E-state index contributed by atoms with van der Waals surface area (Å²) in [5.74, 6) is 1.26. The first-order valence-electron chi connectivity index (χ1n) is 11.2. The van der Waals surface area contributed by atoms with Gasteiger partial charge in [0.25, 0.3) is 0 Å². The molecule has 2 aromatic heterocycles. The molecule has 2 saturated heterocycles. The molecule has 2 aromatic carbocycles. The molecule has 0 amide bonds. The lowest BCUT2D eigenvalue weighted by Crippen LogP contribution is -2.49. The van der Waals surface area contributed by atoms with Gasteiger partial charge in [-0.15, -0.1) is 0 Å². The topological polar surface area (TPSA) is 83.7 Å². The van der Waals surface area contributed by atoms with E-state index >= 15 is 0 Å². The van der Waals surface area contributed by atoms with E-state index in [0.717, 1.165) is 23.1 Å². The van der Waals surface area contributed by atoms with Crippen LogP contribution in [0.2, 0.25) is 10.0 Å². The van der Waals surface area contributed by atoms with Gasteiger partial charge in [-0.1, -0.05) is 53.5 Å². The number of rotatable bonds is 4. The van der Waals surface area contributed by atoms with Crippen LogP contribution in [-0.2, 0) is 10.0 Å². The van der Waals surface area contributed by atoms with Crippen LogP contribution in [0.25, 0.3) is 28.0 Å². The maximum Gasteiger partial charge on any atom is 0.229 e. The van der Waals surface area contributed by atoms with Crippen molar-refractivity contribution >= 4 is 44.8 Å². The molecule has 2 unspecified atom stereocenters. The highest BCUT2D eigenvalue weighted by Gasteiger charge is 2.48. The number of aromatic nitrogens is 4. The van der Waals surface area contributed by atoms with Crippen molar-refractivity contribution in [3.05, 3.63) is 64.4 Å². The van der Waals surface area contributed by atoms with Crippen LogP contribution in [0.15, 0.2) is 48.5 Å². The van der Waals surface area contributed by atoms with Crippen molar-refractivity contribution in [2.75, 3.05) is 24.2 Å². The Kier molecular flexibility index (Phi) is 5.30. The largest absolute Gasteiger partial charge is 0.335 e. The molecule has 4 heterocycles. The van der Waals surface area contributed by atoms with Gasteiger partial charge in [-0.25, -0.2) is 8.42 Å². The summed E-state index contributed by atoms with van der Waals surface area (Å²) in [5, 5.41) is 6.10. The minimum absolute atomic E-state index is 0.0431. The van der Waals surface area contributed by atoms with E-state index in [9.17, 15) is 8.42 Å². The van der Waals surface area contributed by atoms with E-state index in [1.165, 1.54) is 6.26 Å². The number of anilines is 1. The molecule has 4 aromatic rings. The summed E-state index contributed by atoms with van der Waals surface area (Å²) < 4.78 is 27.6. The Morgan fingerprint density at radius 1 is 0.971 bits per heavy atom. The molecular weight excluding hydrogens is 507 g/mol. The summed E-state index contributed by atoms with van der Waals surface area (Å²) in [4.78, 5) is 11.8. The number of halogens is 2. The quantitative estimate of drug-likeness (QED) is 0.392.